The summed E-state index contributed by atoms with van der Waals surface area (Å²) in [4.78, 5) is 6.61. The minimum Gasteiger partial charge on any atom is -0.493 e. The molecule has 1 rings (SSSR count). The molecule has 0 aliphatic rings. The number of aliphatic hydroxyl groups is 1. The Morgan fingerprint density at radius 1 is 1.04 bits per heavy atom. The highest BCUT2D eigenvalue weighted by Crippen LogP contribution is 2.28. The minimum atomic E-state index is -0.537. The number of hydrogen-bond donors (Lipinski definition) is 1. The third kappa shape index (κ3) is 9.42. The van der Waals surface area contributed by atoms with E-state index in [1.54, 1.807) is 7.11 Å². The molecule has 1 N–H and O–H groups in total. The number of methoxy groups -OCH3 is 1. The molecule has 0 aromatic heterocycles. The van der Waals surface area contributed by atoms with Crippen molar-refractivity contribution in [3.63, 3.8) is 0 Å². The largest absolute Gasteiger partial charge is 0.493 e. The zero-order chi connectivity index (χ0) is 20.4. The first-order valence-electron chi connectivity index (χ1n) is 9.74. The molecule has 0 spiro atoms. The Bertz CT molecular complexity index is 537. The van der Waals surface area contributed by atoms with Gasteiger partial charge in [-0.15, -0.1) is 0 Å². The first kappa shape index (κ1) is 23.7. The molecule has 1 aromatic carbocycles. The van der Waals surface area contributed by atoms with E-state index in [0.29, 0.717) is 24.1 Å². The van der Waals surface area contributed by atoms with Gasteiger partial charge >= 0.3 is 0 Å². The molecule has 0 fully saturated rings. The van der Waals surface area contributed by atoms with E-state index in [2.05, 4.69) is 55.8 Å². The average Bonchev–Trinajstić information content (AvgIpc) is 2.59. The molecule has 1 aromatic rings. The molecule has 6 nitrogen and oxygen atoms in total. The second kappa shape index (κ2) is 12.2. The van der Waals surface area contributed by atoms with Gasteiger partial charge < -0.3 is 29.3 Å². The minimum absolute atomic E-state index is 0.247. The van der Waals surface area contributed by atoms with Crippen LogP contribution >= 0.6 is 0 Å². The van der Waals surface area contributed by atoms with Gasteiger partial charge in [0, 0.05) is 19.1 Å². The van der Waals surface area contributed by atoms with Crippen molar-refractivity contribution in [2.24, 2.45) is 0 Å². The van der Waals surface area contributed by atoms with Crippen LogP contribution in [0.1, 0.15) is 25.8 Å². The van der Waals surface area contributed by atoms with E-state index in [1.807, 2.05) is 19.2 Å². The summed E-state index contributed by atoms with van der Waals surface area (Å²) in [6, 6.07) is 6.40. The van der Waals surface area contributed by atoms with E-state index in [0.717, 1.165) is 26.1 Å². The number of rotatable bonds is 13. The highest BCUT2D eigenvalue weighted by Gasteiger charge is 2.13. The Labute approximate surface area is 165 Å². The van der Waals surface area contributed by atoms with Crippen molar-refractivity contribution < 1.29 is 14.6 Å². The van der Waals surface area contributed by atoms with Gasteiger partial charge in [-0.25, -0.2) is 0 Å². The highest BCUT2D eigenvalue weighted by molar-refractivity contribution is 5.43. The van der Waals surface area contributed by atoms with E-state index in [1.165, 1.54) is 5.56 Å². The predicted molar refractivity (Wildman–Crippen MR) is 112 cm³/mol. The van der Waals surface area contributed by atoms with Crippen LogP contribution in [-0.4, -0.2) is 93.5 Å². The first-order valence-corrected chi connectivity index (χ1v) is 9.74. The zero-order valence-corrected chi connectivity index (χ0v) is 18.2. The molecular weight excluding hydrogens is 342 g/mol. The quantitative estimate of drug-likeness (QED) is 0.565. The van der Waals surface area contributed by atoms with Crippen LogP contribution in [0, 0.1) is 0 Å². The molecule has 1 atom stereocenters. The van der Waals surface area contributed by atoms with Crippen LogP contribution in [-0.2, 0) is 6.54 Å². The van der Waals surface area contributed by atoms with Gasteiger partial charge in [0.05, 0.1) is 7.11 Å². The molecule has 0 bridgehead atoms. The summed E-state index contributed by atoms with van der Waals surface area (Å²) >= 11 is 0. The molecule has 27 heavy (non-hydrogen) atoms. The number of likely N-dealkylation sites (N-methyl/N-ethyl adjacent to an activating group) is 1. The lowest BCUT2D eigenvalue weighted by molar-refractivity contribution is 0.0668. The van der Waals surface area contributed by atoms with Gasteiger partial charge in [-0.05, 0) is 79.2 Å². The topological polar surface area (TPSA) is 48.4 Å². The number of hydrogen-bond acceptors (Lipinski definition) is 6. The Balaban J connectivity index is 2.56. The van der Waals surface area contributed by atoms with E-state index in [-0.39, 0.29) is 6.61 Å². The van der Waals surface area contributed by atoms with E-state index in [4.69, 9.17) is 9.47 Å². The molecular formula is C21H39N3O3. The molecule has 0 amide bonds. The maximum Gasteiger partial charge on any atom is 0.161 e. The molecule has 156 valence electrons. The number of nitrogens with zero attached hydrogens (tertiary/aromatic N) is 3. The van der Waals surface area contributed by atoms with Gasteiger partial charge in [0.2, 0.25) is 0 Å². The van der Waals surface area contributed by atoms with E-state index >= 15 is 0 Å². The standard InChI is InChI=1S/C21H39N3O3/c1-17(2)24(6)15-19(25)16-27-20-10-9-18(13-21(20)26-7)14-23(5)12-8-11-22(3)4/h9-10,13,17,19,25H,8,11-12,14-16H2,1-7H3. The van der Waals surface area contributed by atoms with Crippen LogP contribution in [0.15, 0.2) is 18.2 Å². The molecule has 0 radical (unpaired) electrons. The summed E-state index contributed by atoms with van der Waals surface area (Å²) in [6.07, 6.45) is 0.606. The van der Waals surface area contributed by atoms with Gasteiger partial charge in [0.1, 0.15) is 12.7 Å². The molecule has 0 aliphatic heterocycles. The summed E-state index contributed by atoms with van der Waals surface area (Å²) in [5, 5.41) is 10.2. The van der Waals surface area contributed by atoms with Gasteiger partial charge in [0.15, 0.2) is 11.5 Å². The molecule has 6 heteroatoms. The monoisotopic (exact) mass is 381 g/mol. The maximum atomic E-state index is 10.2. The van der Waals surface area contributed by atoms with Crippen molar-refractivity contribution in [3.8, 4) is 11.5 Å². The van der Waals surface area contributed by atoms with Gasteiger partial charge in [-0.3, -0.25) is 0 Å². The number of benzene rings is 1. The first-order chi connectivity index (χ1) is 12.7. The molecule has 0 heterocycles. The lowest BCUT2D eigenvalue weighted by Gasteiger charge is -2.24. The lowest BCUT2D eigenvalue weighted by atomic mass is 10.2. The van der Waals surface area contributed by atoms with Crippen molar-refractivity contribution >= 4 is 0 Å². The molecule has 0 aliphatic carbocycles. The second-order valence-corrected chi connectivity index (χ2v) is 7.88. The van der Waals surface area contributed by atoms with Crippen molar-refractivity contribution in [1.82, 2.24) is 14.7 Å². The molecule has 1 unspecified atom stereocenters. The predicted octanol–water partition coefficient (Wildman–Crippen LogP) is 2.16. The van der Waals surface area contributed by atoms with E-state index < -0.39 is 6.10 Å². The van der Waals surface area contributed by atoms with Crippen LogP contribution in [0.5, 0.6) is 11.5 Å². The van der Waals surface area contributed by atoms with Crippen LogP contribution in [0.4, 0.5) is 0 Å². The summed E-state index contributed by atoms with van der Waals surface area (Å²) in [6.45, 7) is 8.04. The summed E-state index contributed by atoms with van der Waals surface area (Å²) in [5.74, 6) is 1.38. The molecule has 0 saturated carbocycles. The Hall–Kier alpha value is -1.34. The average molecular weight is 382 g/mol. The third-order valence-electron chi connectivity index (χ3n) is 4.64. The lowest BCUT2D eigenvalue weighted by Crippen LogP contribution is -2.36. The zero-order valence-electron chi connectivity index (χ0n) is 18.2. The van der Waals surface area contributed by atoms with Gasteiger partial charge in [-0.2, -0.15) is 0 Å². The van der Waals surface area contributed by atoms with Crippen LogP contribution in [0.25, 0.3) is 0 Å². The third-order valence-corrected chi connectivity index (χ3v) is 4.64. The SMILES string of the molecule is COc1cc(CN(C)CCCN(C)C)ccc1OCC(O)CN(C)C(C)C. The fraction of sp³-hybridized carbons (Fsp3) is 0.714. The number of ether oxygens (including phenoxy) is 2. The Morgan fingerprint density at radius 2 is 1.74 bits per heavy atom. The summed E-state index contributed by atoms with van der Waals surface area (Å²) < 4.78 is 11.3. The van der Waals surface area contributed by atoms with Crippen molar-refractivity contribution in [3.05, 3.63) is 23.8 Å². The maximum absolute atomic E-state index is 10.2. The van der Waals surface area contributed by atoms with Crippen molar-refractivity contribution in [1.29, 1.82) is 0 Å². The smallest absolute Gasteiger partial charge is 0.161 e. The Morgan fingerprint density at radius 3 is 2.33 bits per heavy atom. The molecule has 0 saturated heterocycles. The normalized spacial score (nSPS) is 13.0. The number of aliphatic hydroxyl groups excluding tert-OH is 1. The van der Waals surface area contributed by atoms with Crippen LogP contribution in [0.2, 0.25) is 0 Å². The van der Waals surface area contributed by atoms with Crippen LogP contribution < -0.4 is 9.47 Å². The highest BCUT2D eigenvalue weighted by atomic mass is 16.5. The summed E-state index contributed by atoms with van der Waals surface area (Å²) in [5.41, 5.74) is 1.19. The fourth-order valence-electron chi connectivity index (χ4n) is 2.76. The van der Waals surface area contributed by atoms with Crippen LogP contribution in [0.3, 0.4) is 0 Å². The van der Waals surface area contributed by atoms with E-state index in [9.17, 15) is 5.11 Å². The van der Waals surface area contributed by atoms with Gasteiger partial charge in [0.25, 0.3) is 0 Å². The Kier molecular flexibility index (Phi) is 10.7. The van der Waals surface area contributed by atoms with Crippen molar-refractivity contribution in [2.75, 3.05) is 61.5 Å². The second-order valence-electron chi connectivity index (χ2n) is 7.88. The summed E-state index contributed by atoms with van der Waals surface area (Å²) in [7, 11) is 9.98. The fourth-order valence-corrected chi connectivity index (χ4v) is 2.76. The van der Waals surface area contributed by atoms with Gasteiger partial charge in [-0.1, -0.05) is 6.07 Å². The van der Waals surface area contributed by atoms with Crippen molar-refractivity contribution in [2.45, 2.75) is 39.0 Å².